The van der Waals surface area contributed by atoms with Crippen molar-refractivity contribution in [3.8, 4) is 0 Å². The van der Waals surface area contributed by atoms with E-state index in [1.54, 1.807) is 0 Å². The van der Waals surface area contributed by atoms with Gasteiger partial charge in [-0.05, 0) is 32.6 Å². The lowest BCUT2D eigenvalue weighted by molar-refractivity contribution is -0.133. The molecule has 1 aliphatic heterocycles. The molecule has 0 spiro atoms. The third-order valence-electron chi connectivity index (χ3n) is 4.13. The van der Waals surface area contributed by atoms with Crippen LogP contribution in [0.5, 0.6) is 0 Å². The molecule has 1 saturated carbocycles. The summed E-state index contributed by atoms with van der Waals surface area (Å²) in [6.07, 6.45) is 10.1. The summed E-state index contributed by atoms with van der Waals surface area (Å²) in [4.78, 5) is 14.4. The van der Waals surface area contributed by atoms with Gasteiger partial charge in [0.1, 0.15) is 0 Å². The van der Waals surface area contributed by atoms with Crippen LogP contribution < -0.4 is 5.32 Å². The summed E-state index contributed by atoms with van der Waals surface area (Å²) in [5, 5.41) is 3.51. The fourth-order valence-corrected chi connectivity index (χ4v) is 3.08. The van der Waals surface area contributed by atoms with E-state index in [-0.39, 0.29) is 6.04 Å². The summed E-state index contributed by atoms with van der Waals surface area (Å²) in [7, 11) is 0. The molecule has 1 atom stereocenters. The van der Waals surface area contributed by atoms with E-state index in [4.69, 9.17) is 0 Å². The lowest BCUT2D eigenvalue weighted by Crippen LogP contribution is -2.48. The van der Waals surface area contributed by atoms with E-state index in [0.717, 1.165) is 13.1 Å². The lowest BCUT2D eigenvalue weighted by Gasteiger charge is -2.26. The van der Waals surface area contributed by atoms with Crippen molar-refractivity contribution >= 4 is 5.91 Å². The standard InChI is InChI=1S/C14H26N2O/c1-12(15-13-8-4-5-9-13)14(17)16-10-6-2-3-7-11-16/h12-13,15H,2-11H2,1H3. The quantitative estimate of drug-likeness (QED) is 0.818. The molecule has 0 bridgehead atoms. The Kier molecular flexibility index (Phi) is 4.84. The molecule has 0 aromatic carbocycles. The smallest absolute Gasteiger partial charge is 0.239 e. The van der Waals surface area contributed by atoms with Crippen molar-refractivity contribution in [2.45, 2.75) is 70.4 Å². The first-order valence-electron chi connectivity index (χ1n) is 7.32. The molecule has 1 saturated heterocycles. The summed E-state index contributed by atoms with van der Waals surface area (Å²) in [6.45, 7) is 3.97. The second-order valence-electron chi connectivity index (χ2n) is 5.61. The van der Waals surface area contributed by atoms with Crippen molar-refractivity contribution in [3.63, 3.8) is 0 Å². The number of likely N-dealkylation sites (tertiary alicyclic amines) is 1. The van der Waals surface area contributed by atoms with Crippen LogP contribution in [0.4, 0.5) is 0 Å². The molecule has 3 nitrogen and oxygen atoms in total. The number of nitrogens with zero attached hydrogens (tertiary/aromatic N) is 1. The zero-order valence-electron chi connectivity index (χ0n) is 11.1. The Balaban J connectivity index is 1.80. The Morgan fingerprint density at radius 1 is 1.06 bits per heavy atom. The highest BCUT2D eigenvalue weighted by Gasteiger charge is 2.24. The topological polar surface area (TPSA) is 32.3 Å². The van der Waals surface area contributed by atoms with E-state index in [1.165, 1.54) is 51.4 Å². The van der Waals surface area contributed by atoms with Crippen LogP contribution in [0, 0.1) is 0 Å². The summed E-state index contributed by atoms with van der Waals surface area (Å²) >= 11 is 0. The molecule has 0 aromatic heterocycles. The monoisotopic (exact) mass is 238 g/mol. The van der Waals surface area contributed by atoms with Gasteiger partial charge < -0.3 is 10.2 Å². The van der Waals surface area contributed by atoms with Crippen LogP contribution in [0.1, 0.15) is 58.3 Å². The molecular formula is C14H26N2O. The minimum Gasteiger partial charge on any atom is -0.341 e. The number of rotatable bonds is 3. The van der Waals surface area contributed by atoms with Crippen molar-refractivity contribution in [1.82, 2.24) is 10.2 Å². The molecule has 1 unspecified atom stereocenters. The molecular weight excluding hydrogens is 212 g/mol. The SMILES string of the molecule is CC(NC1CCCC1)C(=O)N1CCCCCC1. The first-order chi connectivity index (χ1) is 8.27. The van der Waals surface area contributed by atoms with Gasteiger partial charge in [-0.25, -0.2) is 0 Å². The fraction of sp³-hybridized carbons (Fsp3) is 0.929. The number of amides is 1. The zero-order chi connectivity index (χ0) is 12.1. The second kappa shape index (κ2) is 6.39. The first-order valence-corrected chi connectivity index (χ1v) is 7.32. The van der Waals surface area contributed by atoms with E-state index >= 15 is 0 Å². The highest BCUT2D eigenvalue weighted by molar-refractivity contribution is 5.81. The van der Waals surface area contributed by atoms with Crippen molar-refractivity contribution in [1.29, 1.82) is 0 Å². The van der Waals surface area contributed by atoms with Gasteiger partial charge >= 0.3 is 0 Å². The third-order valence-corrected chi connectivity index (χ3v) is 4.13. The van der Waals surface area contributed by atoms with Crippen LogP contribution in [-0.2, 0) is 4.79 Å². The van der Waals surface area contributed by atoms with E-state index in [1.807, 2.05) is 6.92 Å². The predicted octanol–water partition coefficient (Wildman–Crippen LogP) is 2.31. The average molecular weight is 238 g/mol. The molecule has 2 rings (SSSR count). The Hall–Kier alpha value is -0.570. The van der Waals surface area contributed by atoms with Crippen LogP contribution in [0.2, 0.25) is 0 Å². The predicted molar refractivity (Wildman–Crippen MR) is 69.9 cm³/mol. The molecule has 3 heteroatoms. The molecule has 0 aromatic rings. The lowest BCUT2D eigenvalue weighted by atomic mass is 10.2. The maximum Gasteiger partial charge on any atom is 0.239 e. The third kappa shape index (κ3) is 3.70. The molecule has 1 amide bonds. The van der Waals surface area contributed by atoms with Crippen molar-refractivity contribution in [2.24, 2.45) is 0 Å². The number of carbonyl (C=O) groups excluding carboxylic acids is 1. The molecule has 1 heterocycles. The van der Waals surface area contributed by atoms with Crippen LogP contribution >= 0.6 is 0 Å². The largest absolute Gasteiger partial charge is 0.341 e. The summed E-state index contributed by atoms with van der Waals surface area (Å²) in [5.74, 6) is 0.318. The van der Waals surface area contributed by atoms with Crippen LogP contribution in [0.25, 0.3) is 0 Å². The molecule has 2 aliphatic rings. The van der Waals surface area contributed by atoms with Crippen molar-refractivity contribution in [2.75, 3.05) is 13.1 Å². The maximum absolute atomic E-state index is 12.3. The Morgan fingerprint density at radius 3 is 2.24 bits per heavy atom. The van der Waals surface area contributed by atoms with Gasteiger partial charge in [0.05, 0.1) is 6.04 Å². The van der Waals surface area contributed by atoms with Gasteiger partial charge in [-0.3, -0.25) is 4.79 Å². The Labute approximate surface area is 105 Å². The van der Waals surface area contributed by atoms with Crippen LogP contribution in [-0.4, -0.2) is 36.0 Å². The fourth-order valence-electron chi connectivity index (χ4n) is 3.08. The maximum atomic E-state index is 12.3. The van der Waals surface area contributed by atoms with Gasteiger partial charge in [0.2, 0.25) is 5.91 Å². The molecule has 1 N–H and O–H groups in total. The molecule has 2 fully saturated rings. The highest BCUT2D eigenvalue weighted by Crippen LogP contribution is 2.18. The van der Waals surface area contributed by atoms with Gasteiger partial charge in [-0.2, -0.15) is 0 Å². The first kappa shape index (κ1) is 12.9. The zero-order valence-corrected chi connectivity index (χ0v) is 11.1. The summed E-state index contributed by atoms with van der Waals surface area (Å²) in [6, 6.07) is 0.595. The van der Waals surface area contributed by atoms with Gasteiger partial charge in [0, 0.05) is 19.1 Å². The number of hydrogen-bond donors (Lipinski definition) is 1. The van der Waals surface area contributed by atoms with E-state index in [9.17, 15) is 4.79 Å². The second-order valence-corrected chi connectivity index (χ2v) is 5.61. The minimum absolute atomic E-state index is 0.0104. The highest BCUT2D eigenvalue weighted by atomic mass is 16.2. The van der Waals surface area contributed by atoms with Crippen LogP contribution in [0.3, 0.4) is 0 Å². The molecule has 0 radical (unpaired) electrons. The van der Waals surface area contributed by atoms with Gasteiger partial charge in [0.15, 0.2) is 0 Å². The van der Waals surface area contributed by atoms with E-state index in [2.05, 4.69) is 10.2 Å². The molecule has 1 aliphatic carbocycles. The van der Waals surface area contributed by atoms with E-state index < -0.39 is 0 Å². The van der Waals surface area contributed by atoms with Gasteiger partial charge in [-0.1, -0.05) is 25.7 Å². The summed E-state index contributed by atoms with van der Waals surface area (Å²) < 4.78 is 0. The molecule has 17 heavy (non-hydrogen) atoms. The Morgan fingerprint density at radius 2 is 1.65 bits per heavy atom. The number of carbonyl (C=O) groups is 1. The summed E-state index contributed by atoms with van der Waals surface area (Å²) in [5.41, 5.74) is 0. The molecule has 98 valence electrons. The normalized spacial score (nSPS) is 24.6. The van der Waals surface area contributed by atoms with Crippen LogP contribution in [0.15, 0.2) is 0 Å². The number of nitrogens with one attached hydrogen (secondary N) is 1. The van der Waals surface area contributed by atoms with E-state index in [0.29, 0.717) is 11.9 Å². The minimum atomic E-state index is 0.0104. The van der Waals surface area contributed by atoms with Gasteiger partial charge in [-0.15, -0.1) is 0 Å². The van der Waals surface area contributed by atoms with Crippen molar-refractivity contribution in [3.05, 3.63) is 0 Å². The number of hydrogen-bond acceptors (Lipinski definition) is 2. The van der Waals surface area contributed by atoms with Crippen molar-refractivity contribution < 1.29 is 4.79 Å². The van der Waals surface area contributed by atoms with Gasteiger partial charge in [0.25, 0.3) is 0 Å². The average Bonchev–Trinajstić information content (AvgIpc) is 2.68. The Bertz CT molecular complexity index is 241.